The molecular formula is C23H35FO2. The predicted molar refractivity (Wildman–Crippen MR) is 110 cm³/mol. The van der Waals surface area contributed by atoms with E-state index in [2.05, 4.69) is 39.8 Å². The Balaban J connectivity index is 0.00000146. The van der Waals surface area contributed by atoms with Crippen LogP contribution in [-0.4, -0.2) is 19.3 Å². The molecule has 0 atom stereocenters. The fourth-order valence-corrected chi connectivity index (χ4v) is 2.69. The lowest BCUT2D eigenvalue weighted by Crippen LogP contribution is -2.10. The van der Waals surface area contributed by atoms with Gasteiger partial charge in [0.1, 0.15) is 11.6 Å². The van der Waals surface area contributed by atoms with E-state index in [0.717, 1.165) is 25.5 Å². The number of benzene rings is 2. The summed E-state index contributed by atoms with van der Waals surface area (Å²) >= 11 is 0. The van der Waals surface area contributed by atoms with Crippen LogP contribution in [0.25, 0.3) is 11.1 Å². The first-order chi connectivity index (χ1) is 12.3. The normalized spacial score (nSPS) is 10.2. The Bertz CT molecular complexity index is 658. The van der Waals surface area contributed by atoms with E-state index in [-0.39, 0.29) is 11.2 Å². The second-order valence-electron chi connectivity index (χ2n) is 6.93. The molecule has 0 spiro atoms. The molecule has 3 heteroatoms. The highest BCUT2D eigenvalue weighted by Gasteiger charge is 2.17. The highest BCUT2D eigenvalue weighted by atomic mass is 19.1. The quantitative estimate of drug-likeness (QED) is 0.693. The van der Waals surface area contributed by atoms with Gasteiger partial charge >= 0.3 is 0 Å². The van der Waals surface area contributed by atoms with Crippen LogP contribution in [0.1, 0.15) is 52.7 Å². The SMILES string of the molecule is CC.CCc1ccc(-c2cc(OC)ccc2F)c(CC(C)(C)C)c1.CO. The molecule has 0 bridgehead atoms. The number of aliphatic hydroxyl groups excluding tert-OH is 1. The van der Waals surface area contributed by atoms with E-state index in [1.165, 1.54) is 17.2 Å². The van der Waals surface area contributed by atoms with Gasteiger partial charge in [-0.2, -0.15) is 0 Å². The van der Waals surface area contributed by atoms with Gasteiger partial charge in [-0.15, -0.1) is 0 Å². The lowest BCUT2D eigenvalue weighted by molar-refractivity contribution is 0.399. The minimum Gasteiger partial charge on any atom is -0.497 e. The zero-order chi connectivity index (χ0) is 20.3. The number of aliphatic hydroxyl groups is 1. The molecule has 146 valence electrons. The predicted octanol–water partition coefficient (Wildman–Crippen LogP) is 6.29. The molecular weight excluding hydrogens is 327 g/mol. The van der Waals surface area contributed by atoms with Crippen molar-refractivity contribution in [2.75, 3.05) is 14.2 Å². The molecule has 26 heavy (non-hydrogen) atoms. The standard InChI is InChI=1S/C20H25FO.C2H6.CH4O/c1-6-14-7-9-17(15(11-14)13-20(2,3)4)18-12-16(22-5)8-10-19(18)21;2*1-2/h7-12H,6,13H2,1-5H3;1-2H3;2H,1H3. The Kier molecular flexibility index (Phi) is 10.8. The number of ether oxygens (including phenoxy) is 1. The van der Waals surface area contributed by atoms with Gasteiger partial charge < -0.3 is 9.84 Å². The van der Waals surface area contributed by atoms with Gasteiger partial charge in [0.25, 0.3) is 0 Å². The van der Waals surface area contributed by atoms with E-state index < -0.39 is 0 Å². The van der Waals surface area contributed by atoms with Crippen molar-refractivity contribution in [2.24, 2.45) is 5.41 Å². The number of hydrogen-bond acceptors (Lipinski definition) is 2. The van der Waals surface area contributed by atoms with Crippen molar-refractivity contribution in [3.05, 3.63) is 53.3 Å². The Hall–Kier alpha value is -1.87. The van der Waals surface area contributed by atoms with Crippen molar-refractivity contribution in [1.82, 2.24) is 0 Å². The second-order valence-corrected chi connectivity index (χ2v) is 6.93. The maximum Gasteiger partial charge on any atom is 0.131 e. The average Bonchev–Trinajstić information content (AvgIpc) is 2.64. The molecule has 2 aromatic carbocycles. The van der Waals surface area contributed by atoms with E-state index in [4.69, 9.17) is 9.84 Å². The van der Waals surface area contributed by atoms with Crippen LogP contribution in [0.15, 0.2) is 36.4 Å². The van der Waals surface area contributed by atoms with Gasteiger partial charge in [0.2, 0.25) is 0 Å². The van der Waals surface area contributed by atoms with Crippen molar-refractivity contribution in [1.29, 1.82) is 0 Å². The Morgan fingerprint density at radius 1 is 0.962 bits per heavy atom. The molecule has 0 radical (unpaired) electrons. The topological polar surface area (TPSA) is 29.5 Å². The summed E-state index contributed by atoms with van der Waals surface area (Å²) in [6.45, 7) is 12.8. The summed E-state index contributed by atoms with van der Waals surface area (Å²) < 4.78 is 19.6. The maximum absolute atomic E-state index is 14.3. The van der Waals surface area contributed by atoms with Gasteiger partial charge in [-0.25, -0.2) is 4.39 Å². The Morgan fingerprint density at radius 2 is 1.58 bits per heavy atom. The van der Waals surface area contributed by atoms with Crippen LogP contribution in [-0.2, 0) is 12.8 Å². The van der Waals surface area contributed by atoms with Gasteiger partial charge in [-0.3, -0.25) is 0 Å². The molecule has 0 saturated heterocycles. The minimum atomic E-state index is -0.208. The molecule has 0 aliphatic heterocycles. The first-order valence-electron chi connectivity index (χ1n) is 9.24. The summed E-state index contributed by atoms with van der Waals surface area (Å²) in [6.07, 6.45) is 1.89. The molecule has 0 saturated carbocycles. The van der Waals surface area contributed by atoms with Gasteiger partial charge in [0.05, 0.1) is 7.11 Å². The molecule has 2 aromatic rings. The van der Waals surface area contributed by atoms with E-state index in [9.17, 15) is 4.39 Å². The van der Waals surface area contributed by atoms with Crippen molar-refractivity contribution in [2.45, 2.75) is 54.4 Å². The first-order valence-corrected chi connectivity index (χ1v) is 9.24. The molecule has 0 aliphatic carbocycles. The molecule has 1 N–H and O–H groups in total. The van der Waals surface area contributed by atoms with Crippen LogP contribution < -0.4 is 4.74 Å². The molecule has 2 nitrogen and oxygen atoms in total. The van der Waals surface area contributed by atoms with E-state index >= 15 is 0 Å². The summed E-state index contributed by atoms with van der Waals surface area (Å²) in [7, 11) is 2.60. The highest BCUT2D eigenvalue weighted by molar-refractivity contribution is 5.70. The van der Waals surface area contributed by atoms with Crippen molar-refractivity contribution >= 4 is 0 Å². The highest BCUT2D eigenvalue weighted by Crippen LogP contribution is 2.33. The summed E-state index contributed by atoms with van der Waals surface area (Å²) in [6, 6.07) is 11.2. The number of methoxy groups -OCH3 is 1. The molecule has 0 unspecified atom stereocenters. The maximum atomic E-state index is 14.3. The molecule has 0 amide bonds. The molecule has 0 fully saturated rings. The number of halogens is 1. The van der Waals surface area contributed by atoms with Crippen LogP contribution >= 0.6 is 0 Å². The van der Waals surface area contributed by atoms with Crippen LogP contribution in [0.5, 0.6) is 5.75 Å². The molecule has 2 rings (SSSR count). The zero-order valence-corrected chi connectivity index (χ0v) is 17.6. The third kappa shape index (κ3) is 7.17. The largest absolute Gasteiger partial charge is 0.497 e. The van der Waals surface area contributed by atoms with E-state index in [0.29, 0.717) is 11.3 Å². The van der Waals surface area contributed by atoms with Crippen LogP contribution in [0, 0.1) is 11.2 Å². The van der Waals surface area contributed by atoms with Gasteiger partial charge in [0, 0.05) is 12.7 Å². The second kappa shape index (κ2) is 11.7. The Labute approximate surface area is 159 Å². The summed E-state index contributed by atoms with van der Waals surface area (Å²) in [5.41, 5.74) is 4.20. The zero-order valence-electron chi connectivity index (χ0n) is 17.6. The first kappa shape index (κ1) is 24.1. The fraction of sp³-hybridized carbons (Fsp3) is 0.478. The monoisotopic (exact) mass is 362 g/mol. The van der Waals surface area contributed by atoms with Crippen LogP contribution in [0.4, 0.5) is 4.39 Å². The smallest absolute Gasteiger partial charge is 0.131 e. The van der Waals surface area contributed by atoms with Crippen LogP contribution in [0.2, 0.25) is 0 Å². The molecule has 0 aliphatic rings. The summed E-state index contributed by atoms with van der Waals surface area (Å²) in [4.78, 5) is 0. The lowest BCUT2D eigenvalue weighted by Gasteiger charge is -2.22. The fourth-order valence-electron chi connectivity index (χ4n) is 2.69. The lowest BCUT2D eigenvalue weighted by atomic mass is 9.84. The third-order valence-electron chi connectivity index (χ3n) is 3.76. The Morgan fingerprint density at radius 3 is 2.08 bits per heavy atom. The number of hydrogen-bond donors (Lipinski definition) is 1. The van der Waals surface area contributed by atoms with E-state index in [1.807, 2.05) is 19.9 Å². The van der Waals surface area contributed by atoms with Crippen molar-refractivity contribution in [3.63, 3.8) is 0 Å². The molecule has 0 aromatic heterocycles. The van der Waals surface area contributed by atoms with Crippen molar-refractivity contribution in [3.8, 4) is 16.9 Å². The van der Waals surface area contributed by atoms with Gasteiger partial charge in [0.15, 0.2) is 0 Å². The number of rotatable bonds is 4. The molecule has 0 heterocycles. The number of aryl methyl sites for hydroxylation is 1. The summed E-state index contributed by atoms with van der Waals surface area (Å²) in [5.74, 6) is 0.470. The van der Waals surface area contributed by atoms with Gasteiger partial charge in [-0.1, -0.05) is 59.7 Å². The third-order valence-corrected chi connectivity index (χ3v) is 3.76. The van der Waals surface area contributed by atoms with Gasteiger partial charge in [-0.05, 0) is 53.1 Å². The van der Waals surface area contributed by atoms with Crippen LogP contribution in [0.3, 0.4) is 0 Å². The summed E-state index contributed by atoms with van der Waals surface area (Å²) in [5, 5.41) is 7.00. The average molecular weight is 363 g/mol. The van der Waals surface area contributed by atoms with E-state index in [1.54, 1.807) is 19.2 Å². The van der Waals surface area contributed by atoms with Crippen molar-refractivity contribution < 1.29 is 14.2 Å². The minimum absolute atomic E-state index is 0.149.